The summed E-state index contributed by atoms with van der Waals surface area (Å²) in [4.78, 5) is 8.94. The Hall–Kier alpha value is -1.75. The Morgan fingerprint density at radius 2 is 2.00 bits per heavy atom. The molecule has 2 unspecified atom stereocenters. The maximum atomic E-state index is 5.93. The summed E-state index contributed by atoms with van der Waals surface area (Å²) in [7, 11) is 0. The van der Waals surface area contributed by atoms with Crippen molar-refractivity contribution >= 4 is 23.4 Å². The van der Waals surface area contributed by atoms with E-state index in [-0.39, 0.29) is 0 Å². The van der Waals surface area contributed by atoms with Crippen LogP contribution in [0.5, 0.6) is 0 Å². The second-order valence-electron chi connectivity index (χ2n) is 5.38. The van der Waals surface area contributed by atoms with Crippen LogP contribution in [0.4, 0.5) is 11.6 Å². The van der Waals surface area contributed by atoms with Gasteiger partial charge in [-0.2, -0.15) is 11.8 Å². The fourth-order valence-corrected chi connectivity index (χ4v) is 3.55. The lowest BCUT2D eigenvalue weighted by Gasteiger charge is -2.14. The van der Waals surface area contributed by atoms with Crippen molar-refractivity contribution in [3.8, 4) is 11.4 Å². The minimum absolute atomic E-state index is 0.486. The maximum absolute atomic E-state index is 5.93. The topological polar surface area (TPSA) is 63.8 Å². The third-order valence-corrected chi connectivity index (χ3v) is 4.94. The number of nitrogens with two attached hydrogens (primary N) is 1. The van der Waals surface area contributed by atoms with Crippen LogP contribution in [-0.2, 0) is 0 Å². The molecule has 3 rings (SSSR count). The Kier molecular flexibility index (Phi) is 4.29. The minimum atomic E-state index is 0.486. The zero-order valence-electron chi connectivity index (χ0n) is 12.1. The van der Waals surface area contributed by atoms with E-state index >= 15 is 0 Å². The Labute approximate surface area is 129 Å². The van der Waals surface area contributed by atoms with Crippen LogP contribution in [0.3, 0.4) is 0 Å². The van der Waals surface area contributed by atoms with Gasteiger partial charge in [0.05, 0.1) is 0 Å². The van der Waals surface area contributed by atoms with E-state index in [1.807, 2.05) is 48.2 Å². The molecule has 1 heterocycles. The molecule has 3 N–H and O–H groups in total. The van der Waals surface area contributed by atoms with Gasteiger partial charge in [-0.1, -0.05) is 30.3 Å². The van der Waals surface area contributed by atoms with Gasteiger partial charge in [0.2, 0.25) is 0 Å². The van der Waals surface area contributed by atoms with Crippen LogP contribution < -0.4 is 11.1 Å². The van der Waals surface area contributed by atoms with Crippen LogP contribution in [0.1, 0.15) is 19.3 Å². The van der Waals surface area contributed by atoms with Crippen molar-refractivity contribution < 1.29 is 0 Å². The molecular formula is C16H20N4S. The molecule has 1 aliphatic carbocycles. The average Bonchev–Trinajstić information content (AvgIpc) is 2.95. The number of nitrogen functional groups attached to an aromatic ring is 1. The Bertz CT molecular complexity index is 602. The summed E-state index contributed by atoms with van der Waals surface area (Å²) >= 11 is 1.95. The molecule has 1 aliphatic rings. The quantitative estimate of drug-likeness (QED) is 0.906. The van der Waals surface area contributed by atoms with Gasteiger partial charge in [0.25, 0.3) is 0 Å². The van der Waals surface area contributed by atoms with E-state index in [0.29, 0.717) is 17.7 Å². The molecule has 1 saturated carbocycles. The highest BCUT2D eigenvalue weighted by atomic mass is 32.2. The molecule has 0 bridgehead atoms. The molecule has 1 aromatic heterocycles. The first-order valence-electron chi connectivity index (χ1n) is 7.24. The van der Waals surface area contributed by atoms with Gasteiger partial charge < -0.3 is 11.1 Å². The SMILES string of the molecule is CSC1CCC(Nc2cc(N)nc(-c3ccccc3)n2)C1. The fraction of sp³-hybridized carbons (Fsp3) is 0.375. The zero-order chi connectivity index (χ0) is 14.7. The number of rotatable bonds is 4. The molecule has 0 aliphatic heterocycles. The van der Waals surface area contributed by atoms with Crippen LogP contribution in [0.15, 0.2) is 36.4 Å². The molecule has 0 saturated heterocycles. The number of benzene rings is 1. The van der Waals surface area contributed by atoms with E-state index in [4.69, 9.17) is 5.73 Å². The van der Waals surface area contributed by atoms with Crippen molar-refractivity contribution in [2.75, 3.05) is 17.3 Å². The lowest BCUT2D eigenvalue weighted by Crippen LogP contribution is -2.17. The third kappa shape index (κ3) is 3.47. The highest BCUT2D eigenvalue weighted by Gasteiger charge is 2.24. The highest BCUT2D eigenvalue weighted by molar-refractivity contribution is 7.99. The van der Waals surface area contributed by atoms with E-state index in [0.717, 1.165) is 16.6 Å². The van der Waals surface area contributed by atoms with Gasteiger partial charge in [-0.3, -0.25) is 0 Å². The van der Waals surface area contributed by atoms with Crippen molar-refractivity contribution in [1.29, 1.82) is 0 Å². The number of nitrogens with zero attached hydrogens (tertiary/aromatic N) is 2. The second-order valence-corrected chi connectivity index (χ2v) is 6.52. The summed E-state index contributed by atoms with van der Waals surface area (Å²) in [5, 5.41) is 4.27. The number of nitrogens with one attached hydrogen (secondary N) is 1. The molecule has 0 amide bonds. The number of anilines is 2. The highest BCUT2D eigenvalue weighted by Crippen LogP contribution is 2.30. The maximum Gasteiger partial charge on any atom is 0.163 e. The molecule has 2 atom stereocenters. The van der Waals surface area contributed by atoms with E-state index < -0.39 is 0 Å². The minimum Gasteiger partial charge on any atom is -0.384 e. The Balaban J connectivity index is 1.79. The van der Waals surface area contributed by atoms with E-state index in [2.05, 4.69) is 21.5 Å². The molecule has 5 heteroatoms. The van der Waals surface area contributed by atoms with E-state index in [1.165, 1.54) is 19.3 Å². The average molecular weight is 300 g/mol. The van der Waals surface area contributed by atoms with Crippen LogP contribution in [-0.4, -0.2) is 27.5 Å². The lowest BCUT2D eigenvalue weighted by molar-refractivity contribution is 0.752. The van der Waals surface area contributed by atoms with Gasteiger partial charge in [-0.25, -0.2) is 9.97 Å². The molecule has 2 aromatic rings. The first-order chi connectivity index (χ1) is 10.2. The normalized spacial score (nSPS) is 21.4. The number of thioether (sulfide) groups is 1. The molecule has 0 radical (unpaired) electrons. The van der Waals surface area contributed by atoms with Crippen molar-refractivity contribution in [3.05, 3.63) is 36.4 Å². The Morgan fingerprint density at radius 1 is 1.19 bits per heavy atom. The largest absolute Gasteiger partial charge is 0.384 e. The predicted molar refractivity (Wildman–Crippen MR) is 90.4 cm³/mol. The van der Waals surface area contributed by atoms with Crippen molar-refractivity contribution in [2.24, 2.45) is 0 Å². The van der Waals surface area contributed by atoms with Gasteiger partial charge in [0, 0.05) is 22.9 Å². The zero-order valence-corrected chi connectivity index (χ0v) is 12.9. The fourth-order valence-electron chi connectivity index (χ4n) is 2.75. The first-order valence-corrected chi connectivity index (χ1v) is 8.52. The van der Waals surface area contributed by atoms with Gasteiger partial charge in [-0.15, -0.1) is 0 Å². The molecule has 1 aromatic carbocycles. The lowest BCUT2D eigenvalue weighted by atomic mass is 10.2. The molecule has 4 nitrogen and oxygen atoms in total. The van der Waals surface area contributed by atoms with Gasteiger partial charge in [0.1, 0.15) is 11.6 Å². The number of hydrogen-bond donors (Lipinski definition) is 2. The Morgan fingerprint density at radius 3 is 2.71 bits per heavy atom. The van der Waals surface area contributed by atoms with Crippen molar-refractivity contribution in [2.45, 2.75) is 30.6 Å². The summed E-state index contributed by atoms with van der Waals surface area (Å²) < 4.78 is 0. The molecule has 21 heavy (non-hydrogen) atoms. The number of aromatic nitrogens is 2. The molecular weight excluding hydrogens is 280 g/mol. The molecule has 1 fully saturated rings. The predicted octanol–water partition coefficient (Wildman–Crippen LogP) is 3.42. The van der Waals surface area contributed by atoms with Crippen LogP contribution in [0, 0.1) is 0 Å². The third-order valence-electron chi connectivity index (χ3n) is 3.85. The van der Waals surface area contributed by atoms with Crippen LogP contribution >= 0.6 is 11.8 Å². The standard InChI is InChI=1S/C16H20N4S/c1-21-13-8-7-12(9-13)18-15-10-14(17)19-16(20-15)11-5-3-2-4-6-11/h2-6,10,12-13H,7-9H2,1H3,(H3,17,18,19,20). The summed E-state index contributed by atoms with van der Waals surface area (Å²) in [6.07, 6.45) is 5.83. The van der Waals surface area contributed by atoms with Crippen LogP contribution in [0.25, 0.3) is 11.4 Å². The second kappa shape index (κ2) is 6.35. The van der Waals surface area contributed by atoms with Crippen molar-refractivity contribution in [3.63, 3.8) is 0 Å². The summed E-state index contributed by atoms with van der Waals surface area (Å²) in [5.74, 6) is 2.01. The number of hydrogen-bond acceptors (Lipinski definition) is 5. The smallest absolute Gasteiger partial charge is 0.163 e. The molecule has 110 valence electrons. The summed E-state index contributed by atoms with van der Waals surface area (Å²) in [6, 6.07) is 12.2. The summed E-state index contributed by atoms with van der Waals surface area (Å²) in [6.45, 7) is 0. The summed E-state index contributed by atoms with van der Waals surface area (Å²) in [5.41, 5.74) is 6.92. The van der Waals surface area contributed by atoms with Crippen molar-refractivity contribution in [1.82, 2.24) is 9.97 Å². The van der Waals surface area contributed by atoms with Gasteiger partial charge in [0.15, 0.2) is 5.82 Å². The van der Waals surface area contributed by atoms with E-state index in [9.17, 15) is 0 Å². The van der Waals surface area contributed by atoms with Crippen LogP contribution in [0.2, 0.25) is 0 Å². The first kappa shape index (κ1) is 14.2. The van der Waals surface area contributed by atoms with E-state index in [1.54, 1.807) is 0 Å². The van der Waals surface area contributed by atoms with Gasteiger partial charge in [-0.05, 0) is 25.5 Å². The van der Waals surface area contributed by atoms with Gasteiger partial charge >= 0.3 is 0 Å². The molecule has 0 spiro atoms. The monoisotopic (exact) mass is 300 g/mol.